The van der Waals surface area contributed by atoms with Crippen molar-refractivity contribution < 1.29 is 25.2 Å². The van der Waals surface area contributed by atoms with Gasteiger partial charge in [0.25, 0.3) is 0 Å². The zero-order valence-corrected chi connectivity index (χ0v) is 47.3. The Bertz CT molecular complexity index is 1060. The van der Waals surface area contributed by atoms with Crippen LogP contribution in [-0.4, -0.2) is 57.3 Å². The minimum Gasteiger partial charge on any atom is -0.394 e. The molecular weight excluding hydrogens is 863 g/mol. The molecule has 0 aromatic rings. The second-order valence-corrected chi connectivity index (χ2v) is 22.1. The average molecular weight is 989 g/mol. The first-order valence-electron chi connectivity index (χ1n) is 31.7. The van der Waals surface area contributed by atoms with Crippen LogP contribution in [0.2, 0.25) is 0 Å². The maximum absolute atomic E-state index is 12.6. The zero-order valence-electron chi connectivity index (χ0n) is 47.3. The van der Waals surface area contributed by atoms with E-state index in [2.05, 4.69) is 43.5 Å². The number of aliphatic hydroxyl groups excluding tert-OH is 4. The van der Waals surface area contributed by atoms with E-state index in [0.29, 0.717) is 12.8 Å². The molecule has 0 rings (SSSR count). The average Bonchev–Trinajstić information content (AvgIpc) is 3.36. The van der Waals surface area contributed by atoms with Gasteiger partial charge in [0, 0.05) is 0 Å². The summed E-state index contributed by atoms with van der Waals surface area (Å²) in [5.41, 5.74) is 0. The van der Waals surface area contributed by atoms with Gasteiger partial charge >= 0.3 is 0 Å². The Labute approximate surface area is 437 Å². The van der Waals surface area contributed by atoms with Gasteiger partial charge in [-0.2, -0.15) is 0 Å². The molecule has 5 N–H and O–H groups in total. The molecule has 70 heavy (non-hydrogen) atoms. The summed E-state index contributed by atoms with van der Waals surface area (Å²) in [6.07, 6.45) is 72.7. The highest BCUT2D eigenvalue weighted by molar-refractivity contribution is 5.80. The first kappa shape index (κ1) is 68.8. The van der Waals surface area contributed by atoms with Crippen molar-refractivity contribution in [2.45, 2.75) is 372 Å². The van der Waals surface area contributed by atoms with E-state index in [1.807, 2.05) is 0 Å². The van der Waals surface area contributed by atoms with Gasteiger partial charge < -0.3 is 25.7 Å². The molecule has 4 unspecified atom stereocenters. The summed E-state index contributed by atoms with van der Waals surface area (Å²) in [6.45, 7) is 4.10. The van der Waals surface area contributed by atoms with Crippen LogP contribution in [0.1, 0.15) is 348 Å². The molecule has 0 radical (unpaired) electrons. The van der Waals surface area contributed by atoms with Crippen LogP contribution in [0.25, 0.3) is 0 Å². The van der Waals surface area contributed by atoms with Crippen LogP contribution in [0.3, 0.4) is 0 Å². The first-order chi connectivity index (χ1) is 34.5. The molecule has 6 heteroatoms. The molecule has 6 nitrogen and oxygen atoms in total. The predicted molar refractivity (Wildman–Crippen MR) is 307 cm³/mol. The second-order valence-electron chi connectivity index (χ2n) is 22.1. The van der Waals surface area contributed by atoms with Gasteiger partial charge in [0.15, 0.2) is 0 Å². The summed E-state index contributed by atoms with van der Waals surface area (Å²) in [4.78, 5) is 12.6. The third-order valence-corrected chi connectivity index (χ3v) is 15.2. The van der Waals surface area contributed by atoms with Gasteiger partial charge in [-0.15, -0.1) is 0 Å². The summed E-state index contributed by atoms with van der Waals surface area (Å²) < 4.78 is 0. The lowest BCUT2D eigenvalue weighted by atomic mass is 9.99. The predicted octanol–water partition coefficient (Wildman–Crippen LogP) is 19.0. The van der Waals surface area contributed by atoms with Crippen molar-refractivity contribution in [2.24, 2.45) is 0 Å². The van der Waals surface area contributed by atoms with Gasteiger partial charge in [-0.05, 0) is 44.9 Å². The maximum Gasteiger partial charge on any atom is 0.249 e. The van der Waals surface area contributed by atoms with Crippen LogP contribution in [0.4, 0.5) is 0 Å². The molecule has 0 aromatic heterocycles. The second kappa shape index (κ2) is 58.7. The van der Waals surface area contributed by atoms with Crippen LogP contribution >= 0.6 is 0 Å². The number of aliphatic hydroxyl groups is 4. The number of hydrogen-bond acceptors (Lipinski definition) is 5. The number of rotatable bonds is 59. The maximum atomic E-state index is 12.6. The van der Waals surface area contributed by atoms with E-state index in [1.165, 1.54) is 276 Å². The molecule has 1 amide bonds. The van der Waals surface area contributed by atoms with Crippen LogP contribution in [-0.2, 0) is 4.79 Å². The minimum atomic E-state index is -1.26. The van der Waals surface area contributed by atoms with Crippen molar-refractivity contribution >= 4 is 5.91 Å². The molecule has 0 aliphatic heterocycles. The molecule has 416 valence electrons. The highest BCUT2D eigenvalue weighted by atomic mass is 16.3. The summed E-state index contributed by atoms with van der Waals surface area (Å²) in [6, 6.07) is -0.985. The lowest BCUT2D eigenvalue weighted by molar-refractivity contribution is -0.132. The smallest absolute Gasteiger partial charge is 0.249 e. The van der Waals surface area contributed by atoms with E-state index < -0.39 is 36.9 Å². The largest absolute Gasteiger partial charge is 0.394 e. The van der Waals surface area contributed by atoms with E-state index in [0.717, 1.165) is 44.9 Å². The third kappa shape index (κ3) is 51.7. The Morgan fingerprint density at radius 1 is 0.357 bits per heavy atom. The van der Waals surface area contributed by atoms with Gasteiger partial charge in [-0.1, -0.05) is 327 Å². The molecule has 0 aliphatic carbocycles. The zero-order chi connectivity index (χ0) is 50.9. The number of nitrogens with one attached hydrogen (secondary N) is 1. The standard InChI is InChI=1S/C64H125NO5/c1-3-5-7-9-11-13-15-17-19-21-23-25-27-28-29-30-31-32-33-34-35-36-38-40-42-44-46-48-50-52-54-56-58-62(68)64(70)65-60(59-66)63(69)61(67)57-55-53-51-49-47-45-43-41-39-37-26-24-22-20-18-16-14-12-10-8-6-4-2/h23,25,28-29,60-63,66-69H,3-22,24,26-27,30-59H2,1-2H3,(H,65,70)/b25-23-,29-28-. The molecule has 0 aromatic carbocycles. The van der Waals surface area contributed by atoms with Gasteiger partial charge in [-0.3, -0.25) is 4.79 Å². The number of carbonyl (C=O) groups excluding carboxylic acids is 1. The minimum absolute atomic E-state index is 0.372. The fourth-order valence-corrected chi connectivity index (χ4v) is 10.2. The highest BCUT2D eigenvalue weighted by Gasteiger charge is 2.28. The fourth-order valence-electron chi connectivity index (χ4n) is 10.2. The lowest BCUT2D eigenvalue weighted by Gasteiger charge is -2.27. The summed E-state index contributed by atoms with van der Waals surface area (Å²) in [5, 5.41) is 44.1. The van der Waals surface area contributed by atoms with Crippen molar-refractivity contribution in [1.82, 2.24) is 5.32 Å². The van der Waals surface area contributed by atoms with Crippen molar-refractivity contribution in [3.8, 4) is 0 Å². The Hall–Kier alpha value is -1.21. The van der Waals surface area contributed by atoms with E-state index in [4.69, 9.17) is 0 Å². The summed E-state index contributed by atoms with van der Waals surface area (Å²) >= 11 is 0. The first-order valence-corrected chi connectivity index (χ1v) is 31.7. The molecule has 0 spiro atoms. The summed E-state index contributed by atoms with van der Waals surface area (Å²) in [5.74, 6) is -0.578. The van der Waals surface area contributed by atoms with Crippen LogP contribution in [0.15, 0.2) is 24.3 Å². The number of carbonyl (C=O) groups is 1. The van der Waals surface area contributed by atoms with E-state index >= 15 is 0 Å². The topological polar surface area (TPSA) is 110 Å². The summed E-state index contributed by atoms with van der Waals surface area (Å²) in [7, 11) is 0. The number of hydrogen-bond donors (Lipinski definition) is 5. The molecule has 4 atom stereocenters. The molecule has 0 bridgehead atoms. The van der Waals surface area contributed by atoms with Crippen molar-refractivity contribution in [3.63, 3.8) is 0 Å². The van der Waals surface area contributed by atoms with Gasteiger partial charge in [0.2, 0.25) is 5.91 Å². The van der Waals surface area contributed by atoms with Gasteiger partial charge in [0.1, 0.15) is 12.2 Å². The van der Waals surface area contributed by atoms with E-state index in [-0.39, 0.29) is 0 Å². The number of allylic oxidation sites excluding steroid dienone is 4. The number of unbranched alkanes of at least 4 members (excludes halogenated alkanes) is 46. The molecule has 0 heterocycles. The van der Waals surface area contributed by atoms with Crippen molar-refractivity contribution in [2.75, 3.05) is 6.61 Å². The SMILES string of the molecule is CCCCCCCCCCC/C=C\C/C=C\CCCCCCCCCCCCCCCCCCC(O)C(=O)NC(CO)C(O)C(O)CCCCCCCCCCCCCCCCCCCCCCCC. The van der Waals surface area contributed by atoms with Crippen molar-refractivity contribution in [1.29, 1.82) is 0 Å². The molecule has 0 fully saturated rings. The third-order valence-electron chi connectivity index (χ3n) is 15.2. The van der Waals surface area contributed by atoms with Crippen LogP contribution in [0, 0.1) is 0 Å². The Morgan fingerprint density at radius 2 is 0.614 bits per heavy atom. The number of amides is 1. The highest BCUT2D eigenvalue weighted by Crippen LogP contribution is 2.19. The lowest BCUT2D eigenvalue weighted by Crippen LogP contribution is -2.53. The quantitative estimate of drug-likeness (QED) is 0.0308. The van der Waals surface area contributed by atoms with Gasteiger partial charge in [0.05, 0.1) is 18.8 Å². The normalized spacial score (nSPS) is 13.7. The van der Waals surface area contributed by atoms with E-state index in [9.17, 15) is 25.2 Å². The van der Waals surface area contributed by atoms with Crippen molar-refractivity contribution in [3.05, 3.63) is 24.3 Å². The Balaban J connectivity index is 3.56. The van der Waals surface area contributed by atoms with Crippen LogP contribution in [0.5, 0.6) is 0 Å². The molecule has 0 saturated heterocycles. The Kier molecular flexibility index (Phi) is 57.7. The van der Waals surface area contributed by atoms with E-state index in [1.54, 1.807) is 0 Å². The molecular formula is C64H125NO5. The monoisotopic (exact) mass is 988 g/mol. The fraction of sp³-hybridized carbons (Fsp3) is 0.922. The Morgan fingerprint density at radius 3 is 0.900 bits per heavy atom. The van der Waals surface area contributed by atoms with Gasteiger partial charge in [-0.25, -0.2) is 0 Å². The molecule has 0 saturated carbocycles. The van der Waals surface area contributed by atoms with Crippen LogP contribution < -0.4 is 5.32 Å². The molecule has 0 aliphatic rings.